The molecule has 1 aromatic heterocycles. The summed E-state index contributed by atoms with van der Waals surface area (Å²) < 4.78 is 0. The molecule has 62 valence electrons. The van der Waals surface area contributed by atoms with Crippen LogP contribution in [0, 0.1) is 6.92 Å². The zero-order valence-corrected chi connectivity index (χ0v) is 7.46. The van der Waals surface area contributed by atoms with E-state index in [2.05, 4.69) is 0 Å². The minimum absolute atomic E-state index is 0. The number of carboxylic acids is 1. The third-order valence-electron chi connectivity index (χ3n) is 1.08. The lowest BCUT2D eigenvalue weighted by molar-refractivity contribution is 0.0703. The number of aryl methyl sites for hydroxylation is 1. The summed E-state index contributed by atoms with van der Waals surface area (Å²) in [7, 11) is 0. The summed E-state index contributed by atoms with van der Waals surface area (Å²) in [5.74, 6) is -0.949. The van der Waals surface area contributed by atoms with E-state index in [1.165, 1.54) is 11.3 Å². The van der Waals surface area contributed by atoms with E-state index in [0.717, 1.165) is 4.88 Å². The Morgan fingerprint density at radius 1 is 1.73 bits per heavy atom. The number of rotatable bonds is 1. The number of carbonyl (C=O) groups is 1. The van der Waals surface area contributed by atoms with Gasteiger partial charge in [0, 0.05) is 4.88 Å². The number of anilines is 1. The van der Waals surface area contributed by atoms with Crippen molar-refractivity contribution >= 4 is 35.4 Å². The first-order chi connectivity index (χ1) is 4.61. The smallest absolute Gasteiger partial charge is 0.348 e. The van der Waals surface area contributed by atoms with E-state index in [1.807, 2.05) is 6.92 Å². The van der Waals surface area contributed by atoms with Crippen LogP contribution < -0.4 is 5.73 Å². The van der Waals surface area contributed by atoms with Crippen molar-refractivity contribution in [1.29, 1.82) is 0 Å². The zero-order chi connectivity index (χ0) is 7.72. The van der Waals surface area contributed by atoms with E-state index < -0.39 is 5.97 Å². The lowest BCUT2D eigenvalue weighted by Crippen LogP contribution is -1.96. The van der Waals surface area contributed by atoms with Gasteiger partial charge in [0.25, 0.3) is 0 Å². The van der Waals surface area contributed by atoms with Crippen LogP contribution in [0.15, 0.2) is 6.07 Å². The Morgan fingerprint density at radius 2 is 2.27 bits per heavy atom. The Labute approximate surface area is 74.3 Å². The highest BCUT2D eigenvalue weighted by Gasteiger charge is 2.09. The number of thiophene rings is 1. The number of nitrogen functional groups attached to an aromatic ring is 1. The number of aromatic carboxylic acids is 1. The normalized spacial score (nSPS) is 8.82. The van der Waals surface area contributed by atoms with Crippen LogP contribution in [0.1, 0.15) is 14.5 Å². The van der Waals surface area contributed by atoms with Gasteiger partial charge in [-0.25, -0.2) is 4.79 Å². The molecule has 0 saturated heterocycles. The molecule has 0 saturated carbocycles. The molecule has 3 nitrogen and oxygen atoms in total. The van der Waals surface area contributed by atoms with Crippen molar-refractivity contribution < 1.29 is 9.90 Å². The van der Waals surface area contributed by atoms with Crippen molar-refractivity contribution in [3.8, 4) is 0 Å². The zero-order valence-electron chi connectivity index (χ0n) is 5.83. The minimum atomic E-state index is -0.949. The SMILES string of the molecule is Cc1cc(N)c(C(=O)O)s1.Cl. The first kappa shape index (κ1) is 10.3. The maximum atomic E-state index is 10.4. The van der Waals surface area contributed by atoms with Crippen LogP contribution in [0.5, 0.6) is 0 Å². The second-order valence-corrected chi connectivity index (χ2v) is 3.20. The van der Waals surface area contributed by atoms with E-state index in [1.54, 1.807) is 6.07 Å². The molecule has 0 spiro atoms. The van der Waals surface area contributed by atoms with E-state index >= 15 is 0 Å². The number of carboxylic acid groups (broad SMARTS) is 1. The van der Waals surface area contributed by atoms with Crippen molar-refractivity contribution in [3.05, 3.63) is 15.8 Å². The first-order valence-electron chi connectivity index (χ1n) is 2.70. The fraction of sp³-hybridized carbons (Fsp3) is 0.167. The van der Waals surface area contributed by atoms with Gasteiger partial charge in [-0.3, -0.25) is 0 Å². The lowest BCUT2D eigenvalue weighted by atomic mass is 10.4. The number of nitrogens with two attached hydrogens (primary N) is 1. The number of hydrogen-bond acceptors (Lipinski definition) is 3. The Morgan fingerprint density at radius 3 is 2.45 bits per heavy atom. The number of hydrogen-bond donors (Lipinski definition) is 2. The highest BCUT2D eigenvalue weighted by atomic mass is 35.5. The van der Waals surface area contributed by atoms with E-state index in [4.69, 9.17) is 10.8 Å². The monoisotopic (exact) mass is 193 g/mol. The average molecular weight is 194 g/mol. The van der Waals surface area contributed by atoms with Crippen molar-refractivity contribution in [3.63, 3.8) is 0 Å². The largest absolute Gasteiger partial charge is 0.477 e. The molecule has 5 heteroatoms. The van der Waals surface area contributed by atoms with Gasteiger partial charge in [0.05, 0.1) is 5.69 Å². The van der Waals surface area contributed by atoms with Crippen LogP contribution in [-0.2, 0) is 0 Å². The summed E-state index contributed by atoms with van der Waals surface area (Å²) in [6.07, 6.45) is 0. The highest BCUT2D eigenvalue weighted by molar-refractivity contribution is 7.14. The van der Waals surface area contributed by atoms with Gasteiger partial charge in [-0.2, -0.15) is 0 Å². The van der Waals surface area contributed by atoms with Gasteiger partial charge < -0.3 is 10.8 Å². The standard InChI is InChI=1S/C6H7NO2S.ClH/c1-3-2-4(7)5(10-3)6(8)9;/h2H,7H2,1H3,(H,8,9);1H. The molecule has 1 aromatic rings. The quantitative estimate of drug-likeness (QED) is 0.715. The van der Waals surface area contributed by atoms with Gasteiger partial charge in [-0.15, -0.1) is 23.7 Å². The number of halogens is 1. The third kappa shape index (κ3) is 2.10. The molecule has 0 fully saturated rings. The molecule has 0 aliphatic heterocycles. The summed E-state index contributed by atoms with van der Waals surface area (Å²) >= 11 is 1.20. The molecule has 0 radical (unpaired) electrons. The van der Waals surface area contributed by atoms with Crippen LogP contribution in [-0.4, -0.2) is 11.1 Å². The molecule has 11 heavy (non-hydrogen) atoms. The van der Waals surface area contributed by atoms with E-state index in [9.17, 15) is 4.79 Å². The molecule has 0 aliphatic rings. The third-order valence-corrected chi connectivity index (χ3v) is 2.13. The molecular weight excluding hydrogens is 186 g/mol. The molecule has 0 atom stereocenters. The molecule has 0 aromatic carbocycles. The molecule has 1 rings (SSSR count). The summed E-state index contributed by atoms with van der Waals surface area (Å²) in [6, 6.07) is 1.66. The maximum absolute atomic E-state index is 10.4. The Hall–Kier alpha value is -0.740. The van der Waals surface area contributed by atoms with Crippen LogP contribution in [0.2, 0.25) is 0 Å². The molecule has 0 unspecified atom stereocenters. The highest BCUT2D eigenvalue weighted by Crippen LogP contribution is 2.23. The lowest BCUT2D eigenvalue weighted by Gasteiger charge is -1.86. The van der Waals surface area contributed by atoms with Crippen LogP contribution in [0.3, 0.4) is 0 Å². The molecule has 1 heterocycles. The average Bonchev–Trinajstić information content (AvgIpc) is 2.10. The van der Waals surface area contributed by atoms with E-state index in [-0.39, 0.29) is 17.3 Å². The van der Waals surface area contributed by atoms with Crippen LogP contribution >= 0.6 is 23.7 Å². The van der Waals surface area contributed by atoms with Crippen molar-refractivity contribution in [2.24, 2.45) is 0 Å². The topological polar surface area (TPSA) is 63.3 Å². The predicted molar refractivity (Wildman–Crippen MR) is 47.7 cm³/mol. The van der Waals surface area contributed by atoms with Crippen LogP contribution in [0.4, 0.5) is 5.69 Å². The van der Waals surface area contributed by atoms with Crippen molar-refractivity contribution in [1.82, 2.24) is 0 Å². The molecule has 0 aliphatic carbocycles. The fourth-order valence-electron chi connectivity index (χ4n) is 0.701. The second-order valence-electron chi connectivity index (χ2n) is 1.95. The molecular formula is C6H8ClNO2S. The Kier molecular flexibility index (Phi) is 3.35. The van der Waals surface area contributed by atoms with Gasteiger partial charge in [0.15, 0.2) is 0 Å². The summed E-state index contributed by atoms with van der Waals surface area (Å²) in [5, 5.41) is 8.51. The molecule has 0 amide bonds. The van der Waals surface area contributed by atoms with Crippen molar-refractivity contribution in [2.75, 3.05) is 5.73 Å². The predicted octanol–water partition coefficient (Wildman–Crippen LogP) is 1.76. The van der Waals surface area contributed by atoms with E-state index in [0.29, 0.717) is 5.69 Å². The summed E-state index contributed by atoms with van der Waals surface area (Å²) in [4.78, 5) is 11.5. The van der Waals surface area contributed by atoms with Gasteiger partial charge in [0.1, 0.15) is 4.88 Å². The Bertz CT molecular complexity index is 272. The first-order valence-corrected chi connectivity index (χ1v) is 3.52. The maximum Gasteiger partial charge on any atom is 0.348 e. The fourth-order valence-corrected chi connectivity index (χ4v) is 1.47. The minimum Gasteiger partial charge on any atom is -0.477 e. The second kappa shape index (κ2) is 3.59. The molecule has 0 bridgehead atoms. The summed E-state index contributed by atoms with van der Waals surface area (Å²) in [6.45, 7) is 1.83. The van der Waals surface area contributed by atoms with Gasteiger partial charge in [0.2, 0.25) is 0 Å². The Balaban J connectivity index is 0.000001000. The summed E-state index contributed by atoms with van der Waals surface area (Å²) in [5.41, 5.74) is 5.73. The van der Waals surface area contributed by atoms with Crippen molar-refractivity contribution in [2.45, 2.75) is 6.92 Å². The van der Waals surface area contributed by atoms with Gasteiger partial charge >= 0.3 is 5.97 Å². The van der Waals surface area contributed by atoms with Crippen LogP contribution in [0.25, 0.3) is 0 Å². The molecule has 3 N–H and O–H groups in total. The van der Waals surface area contributed by atoms with Gasteiger partial charge in [-0.1, -0.05) is 0 Å². The van der Waals surface area contributed by atoms with Gasteiger partial charge in [-0.05, 0) is 13.0 Å².